The molecule has 0 atom stereocenters. The van der Waals surface area contributed by atoms with Gasteiger partial charge < -0.3 is 0 Å². The number of hydrogen-bond donors (Lipinski definition) is 0. The Morgan fingerprint density at radius 2 is 1.80 bits per heavy atom. The standard InChI is InChI=1S/C13H16N2/c1-10(2)13-9-11(3)15(14-13)12-7-5-4-6-8-12/h4-10H,1-3H3. The topological polar surface area (TPSA) is 17.8 Å². The first-order chi connectivity index (χ1) is 7.18. The van der Waals surface area contributed by atoms with Crippen LogP contribution < -0.4 is 0 Å². The Morgan fingerprint density at radius 1 is 1.13 bits per heavy atom. The van der Waals surface area contributed by atoms with Gasteiger partial charge in [-0.1, -0.05) is 32.0 Å². The molecule has 2 nitrogen and oxygen atoms in total. The molecule has 78 valence electrons. The van der Waals surface area contributed by atoms with Crippen molar-refractivity contribution in [1.29, 1.82) is 0 Å². The monoisotopic (exact) mass is 200 g/mol. The zero-order chi connectivity index (χ0) is 10.8. The van der Waals surface area contributed by atoms with Gasteiger partial charge in [-0.15, -0.1) is 0 Å². The maximum atomic E-state index is 4.60. The molecule has 1 heterocycles. The van der Waals surface area contributed by atoms with Gasteiger partial charge in [0.2, 0.25) is 0 Å². The molecule has 15 heavy (non-hydrogen) atoms. The van der Waals surface area contributed by atoms with Gasteiger partial charge in [-0.2, -0.15) is 5.10 Å². The van der Waals surface area contributed by atoms with Gasteiger partial charge in [0.05, 0.1) is 11.4 Å². The number of rotatable bonds is 2. The summed E-state index contributed by atoms with van der Waals surface area (Å²) in [6.45, 7) is 6.42. The summed E-state index contributed by atoms with van der Waals surface area (Å²) in [5, 5.41) is 4.60. The first-order valence-corrected chi connectivity index (χ1v) is 5.30. The number of hydrogen-bond acceptors (Lipinski definition) is 1. The molecule has 0 saturated heterocycles. The summed E-state index contributed by atoms with van der Waals surface area (Å²) in [5.41, 5.74) is 3.46. The smallest absolute Gasteiger partial charge is 0.0657 e. The molecule has 0 N–H and O–H groups in total. The average Bonchev–Trinajstić information content (AvgIpc) is 2.62. The first-order valence-electron chi connectivity index (χ1n) is 5.30. The van der Waals surface area contributed by atoms with E-state index in [0.717, 1.165) is 11.4 Å². The van der Waals surface area contributed by atoms with Crippen LogP contribution >= 0.6 is 0 Å². The quantitative estimate of drug-likeness (QED) is 0.727. The first kappa shape index (κ1) is 9.97. The third-order valence-electron chi connectivity index (χ3n) is 2.50. The molecule has 0 amide bonds. The van der Waals surface area contributed by atoms with Crippen molar-refractivity contribution in [2.24, 2.45) is 0 Å². The van der Waals surface area contributed by atoms with Gasteiger partial charge in [-0.25, -0.2) is 4.68 Å². The van der Waals surface area contributed by atoms with Gasteiger partial charge in [-0.3, -0.25) is 0 Å². The summed E-state index contributed by atoms with van der Waals surface area (Å²) in [7, 11) is 0. The average molecular weight is 200 g/mol. The Morgan fingerprint density at radius 3 is 2.33 bits per heavy atom. The predicted octanol–water partition coefficient (Wildman–Crippen LogP) is 3.30. The van der Waals surface area contributed by atoms with Gasteiger partial charge in [0.25, 0.3) is 0 Å². The van der Waals surface area contributed by atoms with Crippen molar-refractivity contribution in [2.75, 3.05) is 0 Å². The van der Waals surface area contributed by atoms with Crippen LogP contribution in [-0.4, -0.2) is 9.78 Å². The molecular weight excluding hydrogens is 184 g/mol. The Balaban J connectivity index is 2.45. The number of aromatic nitrogens is 2. The van der Waals surface area contributed by atoms with Crippen LogP contribution in [0.1, 0.15) is 31.2 Å². The fourth-order valence-corrected chi connectivity index (χ4v) is 1.61. The van der Waals surface area contributed by atoms with E-state index in [1.54, 1.807) is 0 Å². The largest absolute Gasteiger partial charge is 0.238 e. The number of aryl methyl sites for hydroxylation is 1. The van der Waals surface area contributed by atoms with Crippen LogP contribution in [0.3, 0.4) is 0 Å². The summed E-state index contributed by atoms with van der Waals surface area (Å²) >= 11 is 0. The zero-order valence-corrected chi connectivity index (χ0v) is 9.44. The van der Waals surface area contributed by atoms with E-state index in [1.165, 1.54) is 5.69 Å². The maximum absolute atomic E-state index is 4.60. The molecule has 0 fully saturated rings. The minimum Gasteiger partial charge on any atom is -0.238 e. The second-order valence-corrected chi connectivity index (χ2v) is 4.11. The van der Waals surface area contributed by atoms with Crippen LogP contribution in [0.25, 0.3) is 5.69 Å². The summed E-state index contributed by atoms with van der Waals surface area (Å²) in [4.78, 5) is 0. The highest BCUT2D eigenvalue weighted by molar-refractivity contribution is 5.33. The third-order valence-corrected chi connectivity index (χ3v) is 2.50. The van der Waals surface area contributed by atoms with E-state index in [-0.39, 0.29) is 0 Å². The molecule has 2 rings (SSSR count). The van der Waals surface area contributed by atoms with E-state index < -0.39 is 0 Å². The van der Waals surface area contributed by atoms with E-state index in [2.05, 4.69) is 44.1 Å². The lowest BCUT2D eigenvalue weighted by molar-refractivity contribution is 0.760. The normalized spacial score (nSPS) is 10.9. The second kappa shape index (κ2) is 3.89. The van der Waals surface area contributed by atoms with Crippen molar-refractivity contribution >= 4 is 0 Å². The number of benzene rings is 1. The molecule has 0 unspecified atom stereocenters. The van der Waals surface area contributed by atoms with Crippen LogP contribution in [0.4, 0.5) is 0 Å². The van der Waals surface area contributed by atoms with Crippen LogP contribution in [-0.2, 0) is 0 Å². The second-order valence-electron chi connectivity index (χ2n) is 4.11. The summed E-state index contributed by atoms with van der Waals surface area (Å²) in [6.07, 6.45) is 0. The van der Waals surface area contributed by atoms with Gasteiger partial charge in [0, 0.05) is 5.69 Å². The predicted molar refractivity (Wildman–Crippen MR) is 62.4 cm³/mol. The number of para-hydroxylation sites is 1. The molecule has 1 aromatic carbocycles. The fraction of sp³-hybridized carbons (Fsp3) is 0.308. The highest BCUT2D eigenvalue weighted by Gasteiger charge is 2.08. The van der Waals surface area contributed by atoms with Gasteiger partial charge in [0.15, 0.2) is 0 Å². The van der Waals surface area contributed by atoms with Crippen molar-refractivity contribution in [1.82, 2.24) is 9.78 Å². The molecule has 0 saturated carbocycles. The Kier molecular flexibility index (Phi) is 2.58. The maximum Gasteiger partial charge on any atom is 0.0657 e. The lowest BCUT2D eigenvalue weighted by Crippen LogP contribution is -1.99. The molecule has 0 aliphatic heterocycles. The van der Waals surface area contributed by atoms with E-state index in [4.69, 9.17) is 0 Å². The van der Waals surface area contributed by atoms with Crippen LogP contribution in [0.2, 0.25) is 0 Å². The van der Waals surface area contributed by atoms with Crippen LogP contribution in [0, 0.1) is 6.92 Å². The molecule has 2 aromatic rings. The lowest BCUT2D eigenvalue weighted by Gasteiger charge is -2.03. The molecule has 2 heteroatoms. The van der Waals surface area contributed by atoms with Crippen molar-refractivity contribution < 1.29 is 0 Å². The SMILES string of the molecule is Cc1cc(C(C)C)nn1-c1ccccc1. The summed E-state index contributed by atoms with van der Waals surface area (Å²) in [6, 6.07) is 12.4. The highest BCUT2D eigenvalue weighted by atomic mass is 15.3. The van der Waals surface area contributed by atoms with E-state index >= 15 is 0 Å². The zero-order valence-electron chi connectivity index (χ0n) is 9.44. The van der Waals surface area contributed by atoms with Crippen molar-refractivity contribution in [3.63, 3.8) is 0 Å². The van der Waals surface area contributed by atoms with Crippen LogP contribution in [0.5, 0.6) is 0 Å². The highest BCUT2D eigenvalue weighted by Crippen LogP contribution is 2.17. The van der Waals surface area contributed by atoms with Gasteiger partial charge in [-0.05, 0) is 31.0 Å². The minimum absolute atomic E-state index is 0.480. The van der Waals surface area contributed by atoms with Crippen molar-refractivity contribution in [3.05, 3.63) is 47.8 Å². The summed E-state index contributed by atoms with van der Waals surface area (Å²) in [5.74, 6) is 0.480. The molecule has 0 bridgehead atoms. The van der Waals surface area contributed by atoms with Gasteiger partial charge in [0.1, 0.15) is 0 Å². The molecule has 0 spiro atoms. The Bertz CT molecular complexity index is 441. The molecular formula is C13H16N2. The molecule has 0 radical (unpaired) electrons. The Hall–Kier alpha value is -1.57. The van der Waals surface area contributed by atoms with E-state index in [0.29, 0.717) is 5.92 Å². The minimum atomic E-state index is 0.480. The third kappa shape index (κ3) is 1.94. The van der Waals surface area contributed by atoms with E-state index in [9.17, 15) is 0 Å². The van der Waals surface area contributed by atoms with Crippen LogP contribution in [0.15, 0.2) is 36.4 Å². The van der Waals surface area contributed by atoms with Gasteiger partial charge >= 0.3 is 0 Å². The molecule has 0 aliphatic carbocycles. The van der Waals surface area contributed by atoms with Crippen molar-refractivity contribution in [3.8, 4) is 5.69 Å². The fourth-order valence-electron chi connectivity index (χ4n) is 1.61. The summed E-state index contributed by atoms with van der Waals surface area (Å²) < 4.78 is 2.00. The Labute approximate surface area is 90.6 Å². The van der Waals surface area contributed by atoms with Crippen molar-refractivity contribution in [2.45, 2.75) is 26.7 Å². The molecule has 0 aliphatic rings. The van der Waals surface area contributed by atoms with E-state index in [1.807, 2.05) is 22.9 Å². The lowest BCUT2D eigenvalue weighted by atomic mass is 10.1. The number of nitrogens with zero attached hydrogens (tertiary/aromatic N) is 2. The molecule has 1 aromatic heterocycles.